The number of anilines is 3. The van der Waals surface area contributed by atoms with Gasteiger partial charge in [-0.2, -0.15) is 0 Å². The van der Waals surface area contributed by atoms with Gasteiger partial charge in [-0.25, -0.2) is 0 Å². The number of carbonyl (C=O) groups excluding carboxylic acids is 1. The number of amides is 1. The molecule has 1 amide bonds. The van der Waals surface area contributed by atoms with E-state index in [4.69, 9.17) is 10.5 Å². The lowest BCUT2D eigenvalue weighted by Crippen LogP contribution is -2.30. The van der Waals surface area contributed by atoms with Crippen LogP contribution >= 0.6 is 0 Å². The van der Waals surface area contributed by atoms with E-state index in [2.05, 4.69) is 10.6 Å². The zero-order valence-electron chi connectivity index (χ0n) is 11.9. The molecule has 1 fully saturated rings. The standard InChI is InChI=1S/C15H21N3O3/c16-10-5-14-12(18-15(20)8-21-14)6-11(10)17-7-9-3-1-2-4-13(9)19/h5-6,9,13,17,19H,1-4,7-8,16H2,(H,18,20). The quantitative estimate of drug-likeness (QED) is 0.634. The Morgan fingerprint density at radius 1 is 1.38 bits per heavy atom. The molecule has 6 heteroatoms. The van der Waals surface area contributed by atoms with Crippen molar-refractivity contribution in [1.82, 2.24) is 0 Å². The predicted octanol–water partition coefficient (Wildman–Crippen LogP) is 1.56. The summed E-state index contributed by atoms with van der Waals surface area (Å²) in [6.45, 7) is 0.701. The fourth-order valence-corrected chi connectivity index (χ4v) is 2.96. The van der Waals surface area contributed by atoms with Gasteiger partial charge in [0.2, 0.25) is 0 Å². The Hall–Kier alpha value is -1.95. The van der Waals surface area contributed by atoms with Gasteiger partial charge in [-0.3, -0.25) is 4.79 Å². The van der Waals surface area contributed by atoms with Gasteiger partial charge in [-0.05, 0) is 18.9 Å². The third kappa shape index (κ3) is 3.05. The Bertz CT molecular complexity index is 547. The molecule has 114 valence electrons. The van der Waals surface area contributed by atoms with Crippen molar-refractivity contribution < 1.29 is 14.6 Å². The highest BCUT2D eigenvalue weighted by Gasteiger charge is 2.23. The van der Waals surface area contributed by atoms with Crippen LogP contribution in [0.1, 0.15) is 25.7 Å². The number of hydrogen-bond donors (Lipinski definition) is 4. The largest absolute Gasteiger partial charge is 0.482 e. The molecule has 5 N–H and O–H groups in total. The molecule has 6 nitrogen and oxygen atoms in total. The second-order valence-electron chi connectivity index (χ2n) is 5.77. The van der Waals surface area contributed by atoms with Crippen molar-refractivity contribution >= 4 is 23.0 Å². The molecule has 3 rings (SSSR count). The van der Waals surface area contributed by atoms with E-state index in [0.29, 0.717) is 23.7 Å². The van der Waals surface area contributed by atoms with Gasteiger partial charge in [0.15, 0.2) is 6.61 Å². The number of nitrogen functional groups attached to an aromatic ring is 1. The Balaban J connectivity index is 1.70. The van der Waals surface area contributed by atoms with Crippen molar-refractivity contribution in [3.63, 3.8) is 0 Å². The molecule has 1 aromatic carbocycles. The summed E-state index contributed by atoms with van der Waals surface area (Å²) >= 11 is 0. The normalized spacial score (nSPS) is 24.7. The smallest absolute Gasteiger partial charge is 0.262 e. The van der Waals surface area contributed by atoms with Gasteiger partial charge >= 0.3 is 0 Å². The van der Waals surface area contributed by atoms with E-state index in [0.717, 1.165) is 31.4 Å². The van der Waals surface area contributed by atoms with Gasteiger partial charge < -0.3 is 26.2 Å². The Kier molecular flexibility index (Phi) is 3.88. The van der Waals surface area contributed by atoms with E-state index in [1.54, 1.807) is 12.1 Å². The zero-order chi connectivity index (χ0) is 14.8. The van der Waals surface area contributed by atoms with E-state index in [9.17, 15) is 9.90 Å². The van der Waals surface area contributed by atoms with Gasteiger partial charge in [-0.15, -0.1) is 0 Å². The lowest BCUT2D eigenvalue weighted by molar-refractivity contribution is -0.118. The number of nitrogens with two attached hydrogens (primary N) is 1. The third-order valence-corrected chi connectivity index (χ3v) is 4.21. The average molecular weight is 291 g/mol. The van der Waals surface area contributed by atoms with Crippen molar-refractivity contribution in [2.75, 3.05) is 29.5 Å². The lowest BCUT2D eigenvalue weighted by atomic mass is 9.86. The number of ether oxygens (including phenoxy) is 1. The number of fused-ring (bicyclic) bond motifs is 1. The second kappa shape index (κ2) is 5.81. The number of hydrogen-bond acceptors (Lipinski definition) is 5. The first-order chi connectivity index (χ1) is 10.1. The van der Waals surface area contributed by atoms with Crippen LogP contribution < -0.4 is 21.1 Å². The summed E-state index contributed by atoms with van der Waals surface area (Å²) in [5.41, 5.74) is 7.98. The van der Waals surface area contributed by atoms with Crippen LogP contribution in [0.4, 0.5) is 17.1 Å². The fourth-order valence-electron chi connectivity index (χ4n) is 2.96. The highest BCUT2D eigenvalue weighted by Crippen LogP contribution is 2.35. The molecule has 0 aromatic heterocycles. The van der Waals surface area contributed by atoms with Crippen LogP contribution in [0.2, 0.25) is 0 Å². The Morgan fingerprint density at radius 2 is 2.19 bits per heavy atom. The van der Waals surface area contributed by atoms with E-state index >= 15 is 0 Å². The monoisotopic (exact) mass is 291 g/mol. The number of carbonyl (C=O) groups is 1. The first kappa shape index (κ1) is 14.0. The molecule has 1 aliphatic heterocycles. The van der Waals surface area contributed by atoms with E-state index < -0.39 is 0 Å². The minimum atomic E-state index is -0.242. The minimum Gasteiger partial charge on any atom is -0.482 e. The van der Waals surface area contributed by atoms with Crippen LogP contribution in [-0.4, -0.2) is 30.3 Å². The molecule has 21 heavy (non-hydrogen) atoms. The molecule has 1 aliphatic carbocycles. The first-order valence-electron chi connectivity index (χ1n) is 7.41. The molecule has 1 saturated carbocycles. The molecule has 0 radical (unpaired) electrons. The molecule has 0 bridgehead atoms. The summed E-state index contributed by atoms with van der Waals surface area (Å²) in [5.74, 6) is 0.677. The van der Waals surface area contributed by atoms with Crippen molar-refractivity contribution in [2.45, 2.75) is 31.8 Å². The average Bonchev–Trinajstić information content (AvgIpc) is 2.47. The molecular weight excluding hydrogens is 270 g/mol. The second-order valence-corrected chi connectivity index (χ2v) is 5.77. The van der Waals surface area contributed by atoms with Crippen LogP contribution in [0.25, 0.3) is 0 Å². The molecule has 2 atom stereocenters. The van der Waals surface area contributed by atoms with Crippen molar-refractivity contribution in [3.05, 3.63) is 12.1 Å². The summed E-state index contributed by atoms with van der Waals surface area (Å²) < 4.78 is 5.32. The number of aliphatic hydroxyl groups excluding tert-OH is 1. The number of rotatable bonds is 3. The van der Waals surface area contributed by atoms with Crippen LogP contribution in [0.15, 0.2) is 12.1 Å². The summed E-state index contributed by atoms with van der Waals surface area (Å²) in [6, 6.07) is 3.51. The van der Waals surface area contributed by atoms with Crippen LogP contribution in [0.3, 0.4) is 0 Å². The maximum Gasteiger partial charge on any atom is 0.262 e. The highest BCUT2D eigenvalue weighted by atomic mass is 16.5. The van der Waals surface area contributed by atoms with E-state index in [-0.39, 0.29) is 24.5 Å². The lowest BCUT2D eigenvalue weighted by Gasteiger charge is -2.28. The van der Waals surface area contributed by atoms with Crippen molar-refractivity contribution in [3.8, 4) is 5.75 Å². The molecule has 0 saturated heterocycles. The van der Waals surface area contributed by atoms with Crippen LogP contribution in [-0.2, 0) is 4.79 Å². The molecule has 1 aromatic rings. The Morgan fingerprint density at radius 3 is 3.00 bits per heavy atom. The molecule has 2 unspecified atom stereocenters. The molecule has 0 spiro atoms. The maximum absolute atomic E-state index is 11.3. The number of benzene rings is 1. The number of aliphatic hydroxyl groups is 1. The van der Waals surface area contributed by atoms with Gasteiger partial charge in [-0.1, -0.05) is 12.8 Å². The topological polar surface area (TPSA) is 96.6 Å². The van der Waals surface area contributed by atoms with Gasteiger partial charge in [0, 0.05) is 18.5 Å². The van der Waals surface area contributed by atoms with E-state index in [1.165, 1.54) is 0 Å². The van der Waals surface area contributed by atoms with Crippen molar-refractivity contribution in [1.29, 1.82) is 0 Å². The summed E-state index contributed by atoms with van der Waals surface area (Å²) in [5, 5.41) is 16.0. The maximum atomic E-state index is 11.3. The highest BCUT2D eigenvalue weighted by molar-refractivity contribution is 5.97. The van der Waals surface area contributed by atoms with Crippen LogP contribution in [0, 0.1) is 5.92 Å². The molecule has 2 aliphatic rings. The van der Waals surface area contributed by atoms with E-state index in [1.807, 2.05) is 0 Å². The predicted molar refractivity (Wildman–Crippen MR) is 81.4 cm³/mol. The van der Waals surface area contributed by atoms with Gasteiger partial charge in [0.05, 0.1) is 23.2 Å². The minimum absolute atomic E-state index is 0.0213. The van der Waals surface area contributed by atoms with Crippen LogP contribution in [0.5, 0.6) is 5.75 Å². The fraction of sp³-hybridized carbons (Fsp3) is 0.533. The summed E-state index contributed by atoms with van der Waals surface area (Å²) in [7, 11) is 0. The molecule has 1 heterocycles. The van der Waals surface area contributed by atoms with Gasteiger partial charge in [0.25, 0.3) is 5.91 Å². The van der Waals surface area contributed by atoms with Crippen molar-refractivity contribution in [2.24, 2.45) is 5.92 Å². The first-order valence-corrected chi connectivity index (χ1v) is 7.41. The summed E-state index contributed by atoms with van der Waals surface area (Å²) in [6.07, 6.45) is 3.91. The Labute approximate surface area is 123 Å². The molecular formula is C15H21N3O3. The zero-order valence-corrected chi connectivity index (χ0v) is 11.9. The van der Waals surface area contributed by atoms with Gasteiger partial charge in [0.1, 0.15) is 5.75 Å². The third-order valence-electron chi connectivity index (χ3n) is 4.21. The summed E-state index contributed by atoms with van der Waals surface area (Å²) in [4.78, 5) is 11.3. The SMILES string of the molecule is Nc1cc2c(cc1NCC1CCCCC1O)NC(=O)CO2. The number of nitrogens with one attached hydrogen (secondary N) is 2.